The minimum absolute atomic E-state index is 0.0853. The number of rotatable bonds is 8. The van der Waals surface area contributed by atoms with E-state index in [9.17, 15) is 0 Å². The fourth-order valence-electron chi connectivity index (χ4n) is 5.00. The number of aromatic nitrogens is 4. The van der Waals surface area contributed by atoms with Gasteiger partial charge in [0.25, 0.3) is 0 Å². The summed E-state index contributed by atoms with van der Waals surface area (Å²) < 4.78 is 51.1. The highest BCUT2D eigenvalue weighted by Gasteiger charge is 2.19. The fraction of sp³-hybridized carbons (Fsp3) is 0.176. The van der Waals surface area contributed by atoms with E-state index in [-0.39, 0.29) is 52.3 Å². The lowest BCUT2D eigenvalue weighted by Crippen LogP contribution is -2.30. The predicted molar refractivity (Wildman–Crippen MR) is 173 cm³/mol. The van der Waals surface area contributed by atoms with Crippen LogP contribution in [0.2, 0.25) is 0 Å². The third-order valence-corrected chi connectivity index (χ3v) is 7.09. The van der Waals surface area contributed by atoms with Gasteiger partial charge in [0.2, 0.25) is 0 Å². The van der Waals surface area contributed by atoms with Gasteiger partial charge in [0, 0.05) is 34.8 Å². The monoisotopic (exact) mass is 624 g/mol. The maximum atomic E-state index is 15.2. The zero-order chi connectivity index (χ0) is 32.7. The Hall–Kier alpha value is -5.65. The standard InChI is InChI=1S/C34H31F3N8O/c1-16(2)40-31(38)18-5-9-26-28(13-18)44-33(42-26)20-11-24(36)30(25(37)12-20)46-21-7-8-22(23(35)15-21)34-43-27-10-6-19(14-29(27)45-34)32(39)41-17(3)4/h5-17H,1-4H3,(H2,38,40)(H2,39,41)(H,42,44)(H,43,45). The molecule has 12 heteroatoms. The zero-order valence-corrected chi connectivity index (χ0v) is 25.4. The van der Waals surface area contributed by atoms with Crippen LogP contribution in [-0.2, 0) is 0 Å². The van der Waals surface area contributed by atoms with Crippen LogP contribution in [0, 0.1) is 28.3 Å². The third kappa shape index (κ3) is 6.14. The van der Waals surface area contributed by atoms with Crippen molar-refractivity contribution in [2.75, 3.05) is 0 Å². The molecule has 6 aromatic rings. The lowest BCUT2D eigenvalue weighted by Gasteiger charge is -2.10. The molecule has 0 aliphatic rings. The molecule has 2 heterocycles. The molecular formula is C34H31F3N8O. The summed E-state index contributed by atoms with van der Waals surface area (Å²) in [4.78, 5) is 15.0. The van der Waals surface area contributed by atoms with Crippen LogP contribution in [0.25, 0.3) is 44.8 Å². The normalized spacial score (nSPS) is 11.5. The number of H-pyrrole nitrogens is 2. The first kappa shape index (κ1) is 30.4. The fourth-order valence-corrected chi connectivity index (χ4v) is 5.00. The second kappa shape index (κ2) is 12.0. The molecule has 0 saturated heterocycles. The van der Waals surface area contributed by atoms with E-state index in [2.05, 4.69) is 30.6 Å². The summed E-state index contributed by atoms with van der Waals surface area (Å²) in [6.07, 6.45) is 0. The van der Waals surface area contributed by atoms with Gasteiger partial charge in [-0.1, -0.05) is 0 Å². The zero-order valence-electron chi connectivity index (χ0n) is 25.4. The van der Waals surface area contributed by atoms with Crippen LogP contribution >= 0.6 is 0 Å². The molecular weight excluding hydrogens is 593 g/mol. The van der Waals surface area contributed by atoms with Gasteiger partial charge in [-0.15, -0.1) is 0 Å². The molecule has 0 amide bonds. The highest BCUT2D eigenvalue weighted by molar-refractivity contribution is 6.00. The van der Waals surface area contributed by atoms with Gasteiger partial charge in [-0.05, 0) is 88.4 Å². The van der Waals surface area contributed by atoms with E-state index >= 15 is 13.2 Å². The van der Waals surface area contributed by atoms with Crippen molar-refractivity contribution in [3.63, 3.8) is 0 Å². The number of hydrogen-bond acceptors (Lipinski definition) is 5. The molecule has 0 aliphatic carbocycles. The number of halogens is 3. The first-order valence-corrected chi connectivity index (χ1v) is 14.6. The Kier molecular flexibility index (Phi) is 7.95. The molecule has 6 rings (SSSR count). The van der Waals surface area contributed by atoms with Crippen molar-refractivity contribution < 1.29 is 17.9 Å². The van der Waals surface area contributed by atoms with E-state index in [0.29, 0.717) is 33.2 Å². The molecule has 0 bridgehead atoms. The quantitative estimate of drug-likeness (QED) is 0.0764. The van der Waals surface area contributed by atoms with Crippen molar-refractivity contribution in [3.05, 3.63) is 95.3 Å². The van der Waals surface area contributed by atoms with E-state index in [1.807, 2.05) is 27.7 Å². The summed E-state index contributed by atoms with van der Waals surface area (Å²) in [5, 5.41) is 22.5. The number of ether oxygens (including phenoxy) is 1. The third-order valence-electron chi connectivity index (χ3n) is 7.09. The maximum Gasteiger partial charge on any atom is 0.198 e. The molecule has 0 unspecified atom stereocenters. The Morgan fingerprint density at radius 1 is 0.674 bits per heavy atom. The van der Waals surface area contributed by atoms with Gasteiger partial charge in [-0.3, -0.25) is 10.8 Å². The van der Waals surface area contributed by atoms with Crippen molar-refractivity contribution >= 4 is 33.7 Å². The molecule has 0 fully saturated rings. The number of fused-ring (bicyclic) bond motifs is 2. The SMILES string of the molecule is CC(C)NC(=N)c1ccc2nc(-c3cc(F)c(Oc4ccc(-c5nc6ccc(C(=N)NC(C)C)cc6[nH]5)c(F)c4)c(F)c3)[nH]c2c1. The largest absolute Gasteiger partial charge is 0.451 e. The minimum atomic E-state index is -0.992. The van der Waals surface area contributed by atoms with Crippen LogP contribution in [0.3, 0.4) is 0 Å². The van der Waals surface area contributed by atoms with Crippen LogP contribution in [0.5, 0.6) is 11.5 Å². The van der Waals surface area contributed by atoms with Crippen LogP contribution in [-0.4, -0.2) is 43.7 Å². The van der Waals surface area contributed by atoms with Gasteiger partial charge in [0.05, 0.1) is 27.6 Å². The topological polar surface area (TPSA) is 138 Å². The Balaban J connectivity index is 1.22. The number of benzene rings is 4. The summed E-state index contributed by atoms with van der Waals surface area (Å²) in [6, 6.07) is 16.7. The lowest BCUT2D eigenvalue weighted by molar-refractivity contribution is 0.405. The number of aromatic amines is 2. The highest BCUT2D eigenvalue weighted by atomic mass is 19.1. The van der Waals surface area contributed by atoms with E-state index in [1.165, 1.54) is 12.1 Å². The number of amidine groups is 2. The Bertz CT molecular complexity index is 2110. The average molecular weight is 625 g/mol. The molecule has 46 heavy (non-hydrogen) atoms. The van der Waals surface area contributed by atoms with E-state index < -0.39 is 23.2 Å². The van der Waals surface area contributed by atoms with Gasteiger partial charge >= 0.3 is 0 Å². The first-order chi connectivity index (χ1) is 21.9. The second-order valence-corrected chi connectivity index (χ2v) is 11.5. The number of nitrogens with one attached hydrogen (secondary N) is 6. The maximum absolute atomic E-state index is 15.2. The molecule has 0 aliphatic heterocycles. The van der Waals surface area contributed by atoms with Crippen molar-refractivity contribution in [2.45, 2.75) is 39.8 Å². The number of imidazole rings is 2. The van der Waals surface area contributed by atoms with Crippen molar-refractivity contribution in [3.8, 4) is 34.3 Å². The molecule has 9 nitrogen and oxygen atoms in total. The van der Waals surface area contributed by atoms with Crippen LogP contribution in [0.15, 0.2) is 66.7 Å². The van der Waals surface area contributed by atoms with Crippen LogP contribution < -0.4 is 15.4 Å². The predicted octanol–water partition coefficient (Wildman–Crippen LogP) is 7.63. The van der Waals surface area contributed by atoms with Gasteiger partial charge < -0.3 is 25.3 Å². The Labute approximate surface area is 262 Å². The smallest absolute Gasteiger partial charge is 0.198 e. The Morgan fingerprint density at radius 2 is 1.20 bits per heavy atom. The van der Waals surface area contributed by atoms with Crippen molar-refractivity contribution in [1.29, 1.82) is 10.8 Å². The average Bonchev–Trinajstić information content (AvgIpc) is 3.62. The van der Waals surface area contributed by atoms with Gasteiger partial charge in [0.15, 0.2) is 17.4 Å². The van der Waals surface area contributed by atoms with E-state index in [1.54, 1.807) is 36.4 Å². The summed E-state index contributed by atoms with van der Waals surface area (Å²) in [7, 11) is 0. The van der Waals surface area contributed by atoms with E-state index in [4.69, 9.17) is 15.6 Å². The summed E-state index contributed by atoms with van der Waals surface area (Å²) in [5.74, 6) is -2.47. The molecule has 0 saturated carbocycles. The first-order valence-electron chi connectivity index (χ1n) is 14.6. The van der Waals surface area contributed by atoms with Gasteiger partial charge in [0.1, 0.15) is 34.9 Å². The molecule has 4 aromatic carbocycles. The van der Waals surface area contributed by atoms with Gasteiger partial charge in [-0.25, -0.2) is 23.1 Å². The lowest BCUT2D eigenvalue weighted by atomic mass is 10.1. The minimum Gasteiger partial charge on any atom is -0.451 e. The molecule has 0 spiro atoms. The van der Waals surface area contributed by atoms with Crippen LogP contribution in [0.1, 0.15) is 38.8 Å². The Morgan fingerprint density at radius 3 is 1.72 bits per heavy atom. The molecule has 0 radical (unpaired) electrons. The summed E-state index contributed by atoms with van der Waals surface area (Å²) >= 11 is 0. The van der Waals surface area contributed by atoms with Crippen LogP contribution in [0.4, 0.5) is 13.2 Å². The molecule has 0 atom stereocenters. The summed E-state index contributed by atoms with van der Waals surface area (Å²) in [6.45, 7) is 7.74. The van der Waals surface area contributed by atoms with Crippen molar-refractivity contribution in [2.24, 2.45) is 0 Å². The molecule has 2 aromatic heterocycles. The number of nitrogens with zero attached hydrogens (tertiary/aromatic N) is 2. The number of hydrogen-bond donors (Lipinski definition) is 6. The van der Waals surface area contributed by atoms with Gasteiger partial charge in [-0.2, -0.15) is 0 Å². The summed E-state index contributed by atoms with van der Waals surface area (Å²) in [5.41, 5.74) is 3.97. The molecule has 234 valence electrons. The van der Waals surface area contributed by atoms with E-state index in [0.717, 1.165) is 18.2 Å². The second-order valence-electron chi connectivity index (χ2n) is 11.5. The van der Waals surface area contributed by atoms with Crippen molar-refractivity contribution in [1.82, 2.24) is 30.6 Å². The highest BCUT2D eigenvalue weighted by Crippen LogP contribution is 2.34. The molecule has 6 N–H and O–H groups in total.